The van der Waals surface area contributed by atoms with Gasteiger partial charge >= 0.3 is 0 Å². The number of amides is 1. The van der Waals surface area contributed by atoms with Gasteiger partial charge < -0.3 is 25.3 Å². The summed E-state index contributed by atoms with van der Waals surface area (Å²) in [7, 11) is 4.73. The normalized spacial score (nSPS) is 20.5. The minimum atomic E-state index is 0.0149. The predicted molar refractivity (Wildman–Crippen MR) is 83.3 cm³/mol. The van der Waals surface area contributed by atoms with Crippen LogP contribution in [-0.2, 0) is 11.3 Å². The number of nitrogens with two attached hydrogens (primary N) is 1. The summed E-state index contributed by atoms with van der Waals surface area (Å²) in [6.07, 6.45) is 2.53. The zero-order valence-corrected chi connectivity index (χ0v) is 13.3. The highest BCUT2D eigenvalue weighted by atomic mass is 16.5. The Hall–Kier alpha value is -1.95. The van der Waals surface area contributed by atoms with Gasteiger partial charge in [0.15, 0.2) is 11.5 Å². The van der Waals surface area contributed by atoms with E-state index in [0.717, 1.165) is 24.8 Å². The van der Waals surface area contributed by atoms with Gasteiger partial charge in [-0.15, -0.1) is 0 Å². The first-order valence-electron chi connectivity index (χ1n) is 7.41. The number of rotatable bonds is 6. The maximum Gasteiger partial charge on any atom is 0.223 e. The van der Waals surface area contributed by atoms with E-state index in [-0.39, 0.29) is 17.9 Å². The summed E-state index contributed by atoms with van der Waals surface area (Å²) >= 11 is 0. The molecule has 0 spiro atoms. The van der Waals surface area contributed by atoms with E-state index in [0.29, 0.717) is 23.8 Å². The second-order valence-corrected chi connectivity index (χ2v) is 5.51. The van der Waals surface area contributed by atoms with Crippen molar-refractivity contribution in [3.63, 3.8) is 0 Å². The first-order chi connectivity index (χ1) is 10.6. The van der Waals surface area contributed by atoms with Gasteiger partial charge in [0, 0.05) is 30.1 Å². The zero-order chi connectivity index (χ0) is 16.1. The molecule has 2 atom stereocenters. The van der Waals surface area contributed by atoms with Crippen molar-refractivity contribution in [1.82, 2.24) is 5.32 Å². The van der Waals surface area contributed by atoms with Crippen LogP contribution in [0.5, 0.6) is 17.2 Å². The summed E-state index contributed by atoms with van der Waals surface area (Å²) in [6.45, 7) is 0.383. The van der Waals surface area contributed by atoms with Gasteiger partial charge in [-0.2, -0.15) is 0 Å². The number of carbonyl (C=O) groups excluding carboxylic acids is 1. The fourth-order valence-electron chi connectivity index (χ4n) is 2.81. The molecule has 0 aromatic heterocycles. The Morgan fingerprint density at radius 2 is 1.77 bits per heavy atom. The zero-order valence-electron chi connectivity index (χ0n) is 13.3. The molecule has 1 aromatic rings. The van der Waals surface area contributed by atoms with Crippen LogP contribution in [0.1, 0.15) is 24.8 Å². The molecule has 0 saturated heterocycles. The molecule has 1 amide bonds. The van der Waals surface area contributed by atoms with Crippen LogP contribution in [0, 0.1) is 5.92 Å². The van der Waals surface area contributed by atoms with Gasteiger partial charge in [-0.05, 0) is 25.3 Å². The maximum atomic E-state index is 12.2. The highest BCUT2D eigenvalue weighted by Crippen LogP contribution is 2.34. The third kappa shape index (κ3) is 3.62. The lowest BCUT2D eigenvalue weighted by molar-refractivity contribution is -0.125. The summed E-state index contributed by atoms with van der Waals surface area (Å²) in [5, 5.41) is 2.95. The molecule has 0 heterocycles. The van der Waals surface area contributed by atoms with Gasteiger partial charge in [0.25, 0.3) is 0 Å². The van der Waals surface area contributed by atoms with Crippen molar-refractivity contribution in [2.75, 3.05) is 21.3 Å². The third-order valence-corrected chi connectivity index (χ3v) is 4.08. The lowest BCUT2D eigenvalue weighted by Crippen LogP contribution is -2.30. The van der Waals surface area contributed by atoms with Crippen LogP contribution in [0.2, 0.25) is 0 Å². The molecule has 1 aliphatic carbocycles. The van der Waals surface area contributed by atoms with Gasteiger partial charge in [-0.3, -0.25) is 4.79 Å². The second kappa shape index (κ2) is 7.35. The molecule has 0 aliphatic heterocycles. The Balaban J connectivity index is 2.06. The van der Waals surface area contributed by atoms with Crippen molar-refractivity contribution in [2.24, 2.45) is 11.7 Å². The van der Waals surface area contributed by atoms with E-state index in [1.165, 1.54) is 0 Å². The molecule has 2 unspecified atom stereocenters. The molecular formula is C16H24N2O4. The second-order valence-electron chi connectivity index (χ2n) is 5.51. The van der Waals surface area contributed by atoms with Gasteiger partial charge in [-0.1, -0.05) is 0 Å². The molecule has 0 radical (unpaired) electrons. The molecule has 1 fully saturated rings. The first kappa shape index (κ1) is 16.4. The molecule has 3 N–H and O–H groups in total. The molecule has 22 heavy (non-hydrogen) atoms. The summed E-state index contributed by atoms with van der Waals surface area (Å²) in [5.74, 6) is 1.92. The fraction of sp³-hybridized carbons (Fsp3) is 0.562. The number of hydrogen-bond donors (Lipinski definition) is 2. The number of nitrogens with one attached hydrogen (secondary N) is 1. The van der Waals surface area contributed by atoms with Gasteiger partial charge in [0.1, 0.15) is 5.75 Å². The van der Waals surface area contributed by atoms with Crippen LogP contribution in [0.25, 0.3) is 0 Å². The van der Waals surface area contributed by atoms with Crippen molar-refractivity contribution in [2.45, 2.75) is 31.8 Å². The average Bonchev–Trinajstić information content (AvgIpc) is 2.98. The quantitative estimate of drug-likeness (QED) is 0.831. The number of ether oxygens (including phenoxy) is 3. The molecule has 122 valence electrons. The number of hydrogen-bond acceptors (Lipinski definition) is 5. The molecule has 1 aliphatic rings. The molecule has 6 nitrogen and oxygen atoms in total. The van der Waals surface area contributed by atoms with E-state index < -0.39 is 0 Å². The minimum absolute atomic E-state index is 0.0149. The van der Waals surface area contributed by atoms with E-state index in [1.807, 2.05) is 6.07 Å². The van der Waals surface area contributed by atoms with Crippen molar-refractivity contribution in [3.05, 3.63) is 17.7 Å². The van der Waals surface area contributed by atoms with E-state index in [2.05, 4.69) is 5.32 Å². The van der Waals surface area contributed by atoms with Crippen LogP contribution >= 0.6 is 0 Å². The highest BCUT2D eigenvalue weighted by molar-refractivity contribution is 5.79. The Bertz CT molecular complexity index is 533. The largest absolute Gasteiger partial charge is 0.496 e. The molecular weight excluding hydrogens is 284 g/mol. The summed E-state index contributed by atoms with van der Waals surface area (Å²) in [6, 6.07) is 3.72. The lowest BCUT2D eigenvalue weighted by atomic mass is 10.1. The standard InChI is InChI=1S/C16H24N2O4/c1-20-13-8-15(22-3)14(21-2)7-11(13)9-18-16(19)10-4-5-12(17)6-10/h7-8,10,12H,4-6,9,17H2,1-3H3,(H,18,19). The maximum absolute atomic E-state index is 12.2. The minimum Gasteiger partial charge on any atom is -0.496 e. The summed E-state index contributed by atoms with van der Waals surface area (Å²) in [4.78, 5) is 12.2. The van der Waals surface area contributed by atoms with Crippen molar-refractivity contribution in [1.29, 1.82) is 0 Å². The van der Waals surface area contributed by atoms with Crippen LogP contribution < -0.4 is 25.3 Å². The molecule has 1 aromatic carbocycles. The lowest BCUT2D eigenvalue weighted by Gasteiger charge is -2.16. The van der Waals surface area contributed by atoms with E-state index in [4.69, 9.17) is 19.9 Å². The highest BCUT2D eigenvalue weighted by Gasteiger charge is 2.27. The summed E-state index contributed by atoms with van der Waals surface area (Å²) < 4.78 is 15.9. The van der Waals surface area contributed by atoms with E-state index in [1.54, 1.807) is 27.4 Å². The Morgan fingerprint density at radius 1 is 1.14 bits per heavy atom. The van der Waals surface area contributed by atoms with Crippen LogP contribution in [0.15, 0.2) is 12.1 Å². The monoisotopic (exact) mass is 308 g/mol. The number of methoxy groups -OCH3 is 3. The van der Waals surface area contributed by atoms with E-state index in [9.17, 15) is 4.79 Å². The van der Waals surface area contributed by atoms with Crippen LogP contribution in [0.3, 0.4) is 0 Å². The summed E-state index contributed by atoms with van der Waals surface area (Å²) in [5.41, 5.74) is 6.70. The molecule has 1 saturated carbocycles. The Labute approximate surface area is 130 Å². The van der Waals surface area contributed by atoms with Gasteiger partial charge in [0.2, 0.25) is 5.91 Å². The van der Waals surface area contributed by atoms with Gasteiger partial charge in [0.05, 0.1) is 21.3 Å². The Morgan fingerprint density at radius 3 is 2.32 bits per heavy atom. The van der Waals surface area contributed by atoms with Crippen LogP contribution in [-0.4, -0.2) is 33.3 Å². The van der Waals surface area contributed by atoms with Crippen molar-refractivity contribution < 1.29 is 19.0 Å². The predicted octanol–water partition coefficient (Wildman–Crippen LogP) is 1.46. The SMILES string of the molecule is COc1cc(OC)c(OC)cc1CNC(=O)C1CCC(N)C1. The molecule has 2 rings (SSSR count). The van der Waals surface area contributed by atoms with Gasteiger partial charge in [-0.25, -0.2) is 0 Å². The molecule has 6 heteroatoms. The topological polar surface area (TPSA) is 82.8 Å². The molecule has 0 bridgehead atoms. The smallest absolute Gasteiger partial charge is 0.223 e. The van der Waals surface area contributed by atoms with Crippen molar-refractivity contribution >= 4 is 5.91 Å². The number of carbonyl (C=O) groups is 1. The third-order valence-electron chi connectivity index (χ3n) is 4.08. The average molecular weight is 308 g/mol. The fourth-order valence-corrected chi connectivity index (χ4v) is 2.81. The number of benzene rings is 1. The first-order valence-corrected chi connectivity index (χ1v) is 7.41. The van der Waals surface area contributed by atoms with E-state index >= 15 is 0 Å². The Kier molecular flexibility index (Phi) is 5.49. The van der Waals surface area contributed by atoms with Crippen LogP contribution in [0.4, 0.5) is 0 Å². The van der Waals surface area contributed by atoms with Crippen molar-refractivity contribution in [3.8, 4) is 17.2 Å².